The molecule has 0 saturated carbocycles. The van der Waals surface area contributed by atoms with Crippen LogP contribution in [0.4, 0.5) is 10.5 Å². The minimum absolute atomic E-state index is 0.124. The molecule has 1 aliphatic rings. The Hall–Kier alpha value is -2.89. The monoisotopic (exact) mass is 384 g/mol. The van der Waals surface area contributed by atoms with E-state index in [-0.39, 0.29) is 12.1 Å². The molecule has 1 aliphatic heterocycles. The number of benzene rings is 2. The molecule has 3 rings (SSSR count). The molecule has 0 atom stereocenters. The Balaban J connectivity index is 1.57. The van der Waals surface area contributed by atoms with Crippen molar-refractivity contribution < 1.29 is 19.0 Å². The molecule has 0 spiro atoms. The van der Waals surface area contributed by atoms with Crippen LogP contribution in [0, 0.1) is 13.8 Å². The van der Waals surface area contributed by atoms with Crippen LogP contribution in [0.15, 0.2) is 36.4 Å². The van der Waals surface area contributed by atoms with Crippen LogP contribution in [-0.4, -0.2) is 44.3 Å². The van der Waals surface area contributed by atoms with Gasteiger partial charge in [0.05, 0.1) is 14.2 Å². The highest BCUT2D eigenvalue weighted by molar-refractivity contribution is 5.89. The molecule has 0 unspecified atom stereocenters. The fourth-order valence-corrected chi connectivity index (χ4v) is 3.41. The number of amides is 2. The van der Waals surface area contributed by atoms with Gasteiger partial charge >= 0.3 is 6.03 Å². The lowest BCUT2D eigenvalue weighted by Gasteiger charge is -2.32. The average molecular weight is 384 g/mol. The highest BCUT2D eigenvalue weighted by atomic mass is 16.5. The highest BCUT2D eigenvalue weighted by Gasteiger charge is 2.25. The lowest BCUT2D eigenvalue weighted by molar-refractivity contribution is 0.114. The lowest BCUT2D eigenvalue weighted by atomic mass is 10.1. The highest BCUT2D eigenvalue weighted by Crippen LogP contribution is 2.28. The van der Waals surface area contributed by atoms with Crippen molar-refractivity contribution in [2.75, 3.05) is 32.6 Å². The quantitative estimate of drug-likeness (QED) is 0.830. The number of likely N-dealkylation sites (tertiary alicyclic amines) is 1. The molecule has 0 aromatic heterocycles. The van der Waals surface area contributed by atoms with Crippen LogP contribution >= 0.6 is 0 Å². The Morgan fingerprint density at radius 3 is 2.11 bits per heavy atom. The largest absolute Gasteiger partial charge is 0.497 e. The van der Waals surface area contributed by atoms with Gasteiger partial charge in [0.15, 0.2) is 0 Å². The maximum absolute atomic E-state index is 12.6. The number of rotatable bonds is 5. The van der Waals surface area contributed by atoms with Gasteiger partial charge in [-0.3, -0.25) is 0 Å². The molecular weight excluding hydrogens is 356 g/mol. The fourth-order valence-electron chi connectivity index (χ4n) is 3.41. The third-order valence-electron chi connectivity index (χ3n) is 5.03. The Morgan fingerprint density at radius 2 is 1.57 bits per heavy atom. The van der Waals surface area contributed by atoms with E-state index >= 15 is 0 Å². The third-order valence-corrected chi connectivity index (χ3v) is 5.03. The summed E-state index contributed by atoms with van der Waals surface area (Å²) in [6, 6.07) is 11.4. The number of carbonyl (C=O) groups excluding carboxylic acids is 1. The molecule has 6 nitrogen and oxygen atoms in total. The van der Waals surface area contributed by atoms with E-state index in [0.717, 1.165) is 29.7 Å². The van der Waals surface area contributed by atoms with Crippen LogP contribution in [0.25, 0.3) is 0 Å². The Morgan fingerprint density at radius 1 is 1.00 bits per heavy atom. The van der Waals surface area contributed by atoms with Gasteiger partial charge in [-0.1, -0.05) is 18.2 Å². The van der Waals surface area contributed by atoms with E-state index < -0.39 is 0 Å². The molecule has 1 heterocycles. The maximum Gasteiger partial charge on any atom is 0.321 e. The first-order valence-electron chi connectivity index (χ1n) is 9.52. The summed E-state index contributed by atoms with van der Waals surface area (Å²) in [6.45, 7) is 5.44. The number of hydrogen-bond donors (Lipinski definition) is 1. The van der Waals surface area contributed by atoms with Crippen molar-refractivity contribution in [3.63, 3.8) is 0 Å². The summed E-state index contributed by atoms with van der Waals surface area (Å²) < 4.78 is 16.7. The number of hydrogen-bond acceptors (Lipinski definition) is 4. The maximum atomic E-state index is 12.6. The molecule has 150 valence electrons. The summed E-state index contributed by atoms with van der Waals surface area (Å²) in [4.78, 5) is 14.4. The third kappa shape index (κ3) is 4.68. The van der Waals surface area contributed by atoms with Crippen molar-refractivity contribution in [2.45, 2.75) is 32.8 Å². The van der Waals surface area contributed by atoms with Gasteiger partial charge in [-0.25, -0.2) is 4.79 Å². The first kappa shape index (κ1) is 19.9. The zero-order valence-electron chi connectivity index (χ0n) is 17.0. The zero-order valence-corrected chi connectivity index (χ0v) is 17.0. The predicted molar refractivity (Wildman–Crippen MR) is 110 cm³/mol. The topological polar surface area (TPSA) is 60.0 Å². The molecule has 1 fully saturated rings. The molecule has 28 heavy (non-hydrogen) atoms. The van der Waals surface area contributed by atoms with Crippen molar-refractivity contribution in [1.82, 2.24) is 4.90 Å². The van der Waals surface area contributed by atoms with Gasteiger partial charge in [-0.05, 0) is 25.0 Å². The molecule has 0 radical (unpaired) electrons. The van der Waals surface area contributed by atoms with Crippen molar-refractivity contribution in [3.8, 4) is 17.2 Å². The van der Waals surface area contributed by atoms with Crippen molar-refractivity contribution in [2.24, 2.45) is 0 Å². The minimum Gasteiger partial charge on any atom is -0.497 e. The first-order valence-corrected chi connectivity index (χ1v) is 9.52. The summed E-state index contributed by atoms with van der Waals surface area (Å²) in [5.74, 6) is 2.24. The number of methoxy groups -OCH3 is 2. The summed E-state index contributed by atoms with van der Waals surface area (Å²) in [5.41, 5.74) is 2.94. The van der Waals surface area contributed by atoms with Crippen LogP contribution < -0.4 is 19.5 Å². The fraction of sp³-hybridized carbons (Fsp3) is 0.409. The van der Waals surface area contributed by atoms with Crippen molar-refractivity contribution >= 4 is 11.7 Å². The van der Waals surface area contributed by atoms with Gasteiger partial charge in [0.2, 0.25) is 0 Å². The second-order valence-electron chi connectivity index (χ2n) is 7.06. The summed E-state index contributed by atoms with van der Waals surface area (Å²) in [6.07, 6.45) is 1.74. The molecule has 2 amide bonds. The summed E-state index contributed by atoms with van der Waals surface area (Å²) in [5, 5.41) is 2.93. The van der Waals surface area contributed by atoms with Crippen LogP contribution in [0.1, 0.15) is 24.0 Å². The van der Waals surface area contributed by atoms with Gasteiger partial charge in [0.25, 0.3) is 0 Å². The van der Waals surface area contributed by atoms with E-state index in [1.54, 1.807) is 32.4 Å². The number of carbonyl (C=O) groups is 1. The minimum atomic E-state index is -0.124. The van der Waals surface area contributed by atoms with E-state index in [2.05, 4.69) is 31.3 Å². The van der Waals surface area contributed by atoms with E-state index in [0.29, 0.717) is 30.3 Å². The number of nitrogens with zero attached hydrogens (tertiary/aromatic N) is 1. The average Bonchev–Trinajstić information content (AvgIpc) is 2.71. The number of para-hydroxylation sites is 1. The van der Waals surface area contributed by atoms with Gasteiger partial charge in [-0.15, -0.1) is 0 Å². The van der Waals surface area contributed by atoms with Crippen molar-refractivity contribution in [1.29, 1.82) is 0 Å². The predicted octanol–water partition coefficient (Wildman–Crippen LogP) is 4.40. The first-order chi connectivity index (χ1) is 13.5. The molecule has 1 N–H and O–H groups in total. The zero-order chi connectivity index (χ0) is 20.1. The molecule has 2 aromatic rings. The second-order valence-corrected chi connectivity index (χ2v) is 7.06. The second kappa shape index (κ2) is 8.87. The number of urea groups is 1. The Labute approximate surface area is 166 Å². The van der Waals surface area contributed by atoms with Gasteiger partial charge in [-0.2, -0.15) is 0 Å². The van der Waals surface area contributed by atoms with Crippen molar-refractivity contribution in [3.05, 3.63) is 47.5 Å². The number of ether oxygens (including phenoxy) is 3. The molecule has 1 saturated heterocycles. The molecule has 0 bridgehead atoms. The molecule has 0 aliphatic carbocycles. The number of aryl methyl sites for hydroxylation is 2. The SMILES string of the molecule is COc1cc(NC(=O)N2CCC(Oc3c(C)cccc3C)CC2)cc(OC)c1. The van der Waals surface area contributed by atoms with E-state index in [1.807, 2.05) is 11.0 Å². The van der Waals surface area contributed by atoms with Crippen LogP contribution in [0.5, 0.6) is 17.2 Å². The Bertz CT molecular complexity index is 787. The van der Waals surface area contributed by atoms with Gasteiger partial charge < -0.3 is 24.4 Å². The van der Waals surface area contributed by atoms with E-state index in [9.17, 15) is 4.79 Å². The van der Waals surface area contributed by atoms with Gasteiger partial charge in [0.1, 0.15) is 23.4 Å². The van der Waals surface area contributed by atoms with Crippen LogP contribution in [0.3, 0.4) is 0 Å². The normalized spacial score (nSPS) is 14.5. The van der Waals surface area contributed by atoms with Gasteiger partial charge in [0, 0.05) is 49.8 Å². The Kier molecular flexibility index (Phi) is 6.29. The van der Waals surface area contributed by atoms with E-state index in [1.165, 1.54) is 0 Å². The van der Waals surface area contributed by atoms with E-state index in [4.69, 9.17) is 14.2 Å². The number of piperidine rings is 1. The number of nitrogens with one attached hydrogen (secondary N) is 1. The van der Waals surface area contributed by atoms with Crippen LogP contribution in [-0.2, 0) is 0 Å². The van der Waals surface area contributed by atoms with Crippen LogP contribution in [0.2, 0.25) is 0 Å². The summed E-state index contributed by atoms with van der Waals surface area (Å²) in [7, 11) is 3.17. The lowest BCUT2D eigenvalue weighted by Crippen LogP contribution is -2.43. The molecule has 2 aromatic carbocycles. The smallest absolute Gasteiger partial charge is 0.321 e. The summed E-state index contributed by atoms with van der Waals surface area (Å²) >= 11 is 0. The molecule has 6 heteroatoms. The number of anilines is 1. The standard InChI is InChI=1S/C22H28N2O4/c1-15-6-5-7-16(2)21(15)28-18-8-10-24(11-9-18)22(25)23-17-12-19(26-3)14-20(13-17)27-4/h5-7,12-14,18H,8-11H2,1-4H3,(H,23,25). The molecular formula is C22H28N2O4.